The molecule has 0 bridgehead atoms. The Balaban J connectivity index is 2.33. The van der Waals surface area contributed by atoms with E-state index in [0.717, 1.165) is 0 Å². The van der Waals surface area contributed by atoms with Crippen LogP contribution in [-0.2, 0) is 28.6 Å². The lowest BCUT2D eigenvalue weighted by molar-refractivity contribution is -0.174. The second-order valence-electron chi connectivity index (χ2n) is 7.35. The van der Waals surface area contributed by atoms with Crippen molar-refractivity contribution in [3.63, 3.8) is 0 Å². The molecule has 2 aromatic rings. The Morgan fingerprint density at radius 3 is 1.97 bits per heavy atom. The minimum absolute atomic E-state index is 0.0533. The number of rotatable bonds is 7. The summed E-state index contributed by atoms with van der Waals surface area (Å²) in [6.07, 6.45) is 0. The third kappa shape index (κ3) is 4.10. The van der Waals surface area contributed by atoms with E-state index in [1.807, 2.05) is 6.07 Å². The summed E-state index contributed by atoms with van der Waals surface area (Å²) in [7, 11) is 1.26. The molecule has 1 aliphatic heterocycles. The van der Waals surface area contributed by atoms with Gasteiger partial charge in [0.2, 0.25) is 0 Å². The fourth-order valence-electron chi connectivity index (χ4n) is 4.38. The van der Waals surface area contributed by atoms with E-state index < -0.39 is 41.3 Å². The van der Waals surface area contributed by atoms with Gasteiger partial charge in [0.25, 0.3) is 0 Å². The summed E-state index contributed by atoms with van der Waals surface area (Å²) in [6, 6.07) is 13.7. The first-order valence-corrected chi connectivity index (χ1v) is 10.8. The van der Waals surface area contributed by atoms with Crippen molar-refractivity contribution in [2.75, 3.05) is 20.3 Å². The van der Waals surface area contributed by atoms with Gasteiger partial charge in [-0.3, -0.25) is 19.7 Å². The number of carbonyl (C=O) groups is 3. The maximum atomic E-state index is 13.6. The van der Waals surface area contributed by atoms with Gasteiger partial charge in [-0.1, -0.05) is 54.1 Å². The quantitative estimate of drug-likeness (QED) is 0.385. The highest BCUT2D eigenvalue weighted by Crippen LogP contribution is 2.55. The van der Waals surface area contributed by atoms with Crippen LogP contribution >= 0.6 is 11.6 Å². The van der Waals surface area contributed by atoms with Gasteiger partial charge in [0.1, 0.15) is 6.04 Å². The van der Waals surface area contributed by atoms with Gasteiger partial charge >= 0.3 is 17.9 Å². The molecule has 0 spiro atoms. The zero-order chi connectivity index (χ0) is 23.3. The second-order valence-corrected chi connectivity index (χ2v) is 7.79. The Kier molecular flexibility index (Phi) is 7.53. The van der Waals surface area contributed by atoms with Crippen molar-refractivity contribution >= 4 is 29.5 Å². The number of hydrogen-bond donors (Lipinski definition) is 1. The molecule has 32 heavy (non-hydrogen) atoms. The van der Waals surface area contributed by atoms with Crippen molar-refractivity contribution in [1.29, 1.82) is 0 Å². The van der Waals surface area contributed by atoms with Crippen LogP contribution in [0, 0.1) is 5.41 Å². The predicted molar refractivity (Wildman–Crippen MR) is 118 cm³/mol. The van der Waals surface area contributed by atoms with Crippen LogP contribution in [0.4, 0.5) is 0 Å². The first-order valence-electron chi connectivity index (χ1n) is 10.4. The lowest BCUT2D eigenvalue weighted by atomic mass is 9.66. The average molecular weight is 460 g/mol. The summed E-state index contributed by atoms with van der Waals surface area (Å²) in [5.41, 5.74) is -0.684. The average Bonchev–Trinajstić information content (AvgIpc) is 3.17. The van der Waals surface area contributed by atoms with Crippen LogP contribution in [0.5, 0.6) is 0 Å². The van der Waals surface area contributed by atoms with E-state index >= 15 is 0 Å². The van der Waals surface area contributed by atoms with Crippen LogP contribution in [0.25, 0.3) is 0 Å². The highest BCUT2D eigenvalue weighted by molar-refractivity contribution is 6.30. The van der Waals surface area contributed by atoms with Gasteiger partial charge in [0, 0.05) is 10.9 Å². The molecule has 170 valence electrons. The van der Waals surface area contributed by atoms with E-state index in [-0.39, 0.29) is 13.2 Å². The van der Waals surface area contributed by atoms with E-state index in [9.17, 15) is 14.4 Å². The summed E-state index contributed by atoms with van der Waals surface area (Å²) >= 11 is 6.06. The summed E-state index contributed by atoms with van der Waals surface area (Å²) in [6.45, 7) is 3.42. The van der Waals surface area contributed by atoms with E-state index in [2.05, 4.69) is 5.32 Å². The Morgan fingerprint density at radius 1 is 0.906 bits per heavy atom. The minimum atomic E-state index is -1.87. The molecule has 1 saturated heterocycles. The lowest BCUT2D eigenvalue weighted by Gasteiger charge is -2.35. The molecular weight excluding hydrogens is 434 g/mol. The Morgan fingerprint density at radius 2 is 1.47 bits per heavy atom. The zero-order valence-corrected chi connectivity index (χ0v) is 18.9. The number of esters is 3. The molecule has 1 heterocycles. The number of nitrogens with one attached hydrogen (secondary N) is 1. The molecule has 0 aromatic heterocycles. The predicted octanol–water partition coefficient (Wildman–Crippen LogP) is 3.42. The minimum Gasteiger partial charge on any atom is -0.468 e. The molecule has 1 aliphatic rings. The van der Waals surface area contributed by atoms with Crippen molar-refractivity contribution in [3.05, 3.63) is 70.7 Å². The molecule has 2 aromatic carbocycles. The Labute approximate surface area is 192 Å². The topological polar surface area (TPSA) is 90.9 Å². The number of carbonyl (C=O) groups excluding carboxylic acids is 3. The van der Waals surface area contributed by atoms with Crippen LogP contribution in [-0.4, -0.2) is 44.3 Å². The molecule has 7 nitrogen and oxygen atoms in total. The van der Waals surface area contributed by atoms with Gasteiger partial charge in [-0.15, -0.1) is 0 Å². The smallest absolute Gasteiger partial charge is 0.326 e. The van der Waals surface area contributed by atoms with Gasteiger partial charge in [-0.05, 0) is 37.1 Å². The number of benzene rings is 2. The van der Waals surface area contributed by atoms with Gasteiger partial charge in [0.05, 0.1) is 26.4 Å². The summed E-state index contributed by atoms with van der Waals surface area (Å²) in [4.78, 5) is 40.1. The van der Waals surface area contributed by atoms with Crippen molar-refractivity contribution in [1.82, 2.24) is 5.32 Å². The zero-order valence-electron chi connectivity index (χ0n) is 18.2. The molecule has 1 fully saturated rings. The SMILES string of the molecule is CCOC(=O)C1(C(=O)OCC)[C@H](c2ccccc2)[C@@H](C(=O)OC)N[C@H]1c1ccc(Cl)cc1. The van der Waals surface area contributed by atoms with Crippen molar-refractivity contribution < 1.29 is 28.6 Å². The maximum Gasteiger partial charge on any atom is 0.326 e. The van der Waals surface area contributed by atoms with Crippen molar-refractivity contribution in [2.45, 2.75) is 31.8 Å². The third-order valence-electron chi connectivity index (χ3n) is 5.67. The van der Waals surface area contributed by atoms with E-state index in [1.54, 1.807) is 62.4 Å². The van der Waals surface area contributed by atoms with Crippen LogP contribution in [0.2, 0.25) is 5.02 Å². The summed E-state index contributed by atoms with van der Waals surface area (Å²) < 4.78 is 15.9. The first-order chi connectivity index (χ1) is 15.4. The normalized spacial score (nSPS) is 21.6. The van der Waals surface area contributed by atoms with Gasteiger partial charge in [-0.25, -0.2) is 0 Å². The fourth-order valence-corrected chi connectivity index (χ4v) is 4.51. The van der Waals surface area contributed by atoms with Gasteiger partial charge in [0.15, 0.2) is 5.41 Å². The number of ether oxygens (including phenoxy) is 3. The summed E-state index contributed by atoms with van der Waals surface area (Å²) in [5, 5.41) is 3.67. The number of hydrogen-bond acceptors (Lipinski definition) is 7. The molecule has 0 radical (unpaired) electrons. The molecule has 0 unspecified atom stereocenters. The van der Waals surface area contributed by atoms with Gasteiger partial charge < -0.3 is 14.2 Å². The van der Waals surface area contributed by atoms with Gasteiger partial charge in [-0.2, -0.15) is 0 Å². The first kappa shape index (κ1) is 23.8. The van der Waals surface area contributed by atoms with E-state index in [1.165, 1.54) is 7.11 Å². The molecule has 0 aliphatic carbocycles. The Bertz CT molecular complexity index is 944. The van der Waals surface area contributed by atoms with Crippen LogP contribution < -0.4 is 5.32 Å². The fraction of sp³-hybridized carbons (Fsp3) is 0.375. The number of methoxy groups -OCH3 is 1. The van der Waals surface area contributed by atoms with Crippen molar-refractivity contribution in [3.8, 4) is 0 Å². The molecular formula is C24H26ClNO6. The largest absolute Gasteiger partial charge is 0.468 e. The van der Waals surface area contributed by atoms with Crippen LogP contribution in [0.15, 0.2) is 54.6 Å². The van der Waals surface area contributed by atoms with Crippen LogP contribution in [0.3, 0.4) is 0 Å². The monoisotopic (exact) mass is 459 g/mol. The highest BCUT2D eigenvalue weighted by Gasteiger charge is 2.69. The van der Waals surface area contributed by atoms with E-state index in [4.69, 9.17) is 25.8 Å². The Hall–Kier alpha value is -2.90. The third-order valence-corrected chi connectivity index (χ3v) is 5.92. The molecule has 1 N–H and O–H groups in total. The second kappa shape index (κ2) is 10.1. The number of halogens is 1. The molecule has 8 heteroatoms. The van der Waals surface area contributed by atoms with E-state index in [0.29, 0.717) is 16.1 Å². The lowest BCUT2D eigenvalue weighted by Crippen LogP contribution is -2.49. The summed E-state index contributed by atoms with van der Waals surface area (Å²) in [5.74, 6) is -3.08. The van der Waals surface area contributed by atoms with Crippen LogP contribution in [0.1, 0.15) is 36.9 Å². The maximum absolute atomic E-state index is 13.6. The molecule has 3 rings (SSSR count). The highest BCUT2D eigenvalue weighted by atomic mass is 35.5. The standard InChI is InChI=1S/C24H26ClNO6/c1-4-31-22(28)24(23(29)32-5-2)18(15-9-7-6-8-10-15)19(21(27)30-3)26-20(24)16-11-13-17(25)14-12-16/h6-14,18-20,26H,4-5H2,1-3H3/t18-,19+,20+/m1/s1. The molecule has 0 saturated carbocycles. The van der Waals surface area contributed by atoms with Crippen molar-refractivity contribution in [2.24, 2.45) is 5.41 Å². The molecule has 3 atom stereocenters. The molecule has 0 amide bonds.